The largest absolute Gasteiger partial charge is 0.329 e. The lowest BCUT2D eigenvalue weighted by atomic mass is 10.2. The van der Waals surface area contributed by atoms with Crippen molar-refractivity contribution in [3.63, 3.8) is 0 Å². The molecule has 0 fully saturated rings. The van der Waals surface area contributed by atoms with Crippen LogP contribution in [0.1, 0.15) is 13.8 Å². The van der Waals surface area contributed by atoms with Crippen LogP contribution in [0.2, 0.25) is 0 Å². The Kier molecular flexibility index (Phi) is 3.73. The molecule has 0 aliphatic rings. The molecule has 2 aromatic heterocycles. The number of aromatic amines is 1. The van der Waals surface area contributed by atoms with Gasteiger partial charge in [0.2, 0.25) is 5.56 Å². The molecule has 8 nitrogen and oxygen atoms in total. The third kappa shape index (κ3) is 2.94. The zero-order valence-corrected chi connectivity index (χ0v) is 11.9. The lowest BCUT2D eigenvalue weighted by Gasteiger charge is -2.11. The topological polar surface area (TPSA) is 124 Å². The Labute approximate surface area is 115 Å². The third-order valence-corrected chi connectivity index (χ3v) is 3.36. The van der Waals surface area contributed by atoms with Crippen LogP contribution in [0.4, 0.5) is 0 Å². The lowest BCUT2D eigenvalue weighted by molar-refractivity contribution is 0.486. The average Bonchev–Trinajstić information content (AvgIpc) is 2.71. The summed E-state index contributed by atoms with van der Waals surface area (Å²) >= 11 is 0. The summed E-state index contributed by atoms with van der Waals surface area (Å²) in [5.41, 5.74) is 0.176. The Morgan fingerprint density at radius 3 is 2.65 bits per heavy atom. The normalized spacial score (nSPS) is 12.0. The van der Waals surface area contributed by atoms with E-state index >= 15 is 0 Å². The van der Waals surface area contributed by atoms with E-state index in [2.05, 4.69) is 15.2 Å². The number of nitrogens with two attached hydrogens (primary N) is 1. The van der Waals surface area contributed by atoms with Crippen LogP contribution in [0.5, 0.6) is 0 Å². The summed E-state index contributed by atoms with van der Waals surface area (Å²) in [7, 11) is -3.97. The van der Waals surface area contributed by atoms with E-state index in [9.17, 15) is 13.2 Å². The second kappa shape index (κ2) is 5.17. The number of nitrogens with zero attached hydrogens (tertiary/aromatic N) is 3. The van der Waals surface area contributed by atoms with Crippen LogP contribution >= 0.6 is 0 Å². The van der Waals surface area contributed by atoms with E-state index < -0.39 is 10.0 Å². The van der Waals surface area contributed by atoms with Crippen LogP contribution in [0.3, 0.4) is 0 Å². The minimum atomic E-state index is -3.97. The van der Waals surface area contributed by atoms with E-state index in [1.807, 2.05) is 13.8 Å². The Hall–Kier alpha value is -2.00. The van der Waals surface area contributed by atoms with E-state index in [-0.39, 0.29) is 16.6 Å². The molecule has 9 heteroatoms. The van der Waals surface area contributed by atoms with Crippen LogP contribution in [0.25, 0.3) is 11.4 Å². The van der Waals surface area contributed by atoms with Crippen molar-refractivity contribution < 1.29 is 8.42 Å². The Morgan fingerprint density at radius 2 is 2.10 bits per heavy atom. The quantitative estimate of drug-likeness (QED) is 0.818. The minimum absolute atomic E-state index is 0.159. The third-order valence-electron chi connectivity index (χ3n) is 2.55. The van der Waals surface area contributed by atoms with Gasteiger partial charge in [-0.25, -0.2) is 13.6 Å². The van der Waals surface area contributed by atoms with Crippen LogP contribution in [-0.4, -0.2) is 28.2 Å². The van der Waals surface area contributed by atoms with Gasteiger partial charge in [0.25, 0.3) is 15.2 Å². The van der Waals surface area contributed by atoms with Crippen molar-refractivity contribution in [3.05, 3.63) is 28.7 Å². The number of rotatable bonds is 4. The van der Waals surface area contributed by atoms with Gasteiger partial charge in [-0.05, 0) is 12.0 Å². The summed E-state index contributed by atoms with van der Waals surface area (Å²) in [5, 5.41) is 12.3. The molecule has 0 unspecified atom stereocenters. The molecule has 0 aliphatic carbocycles. The number of hydrogen-bond donors (Lipinski definition) is 2. The summed E-state index contributed by atoms with van der Waals surface area (Å²) in [5.74, 6) is 0.459. The highest BCUT2D eigenvalue weighted by Crippen LogP contribution is 2.19. The first-order chi connectivity index (χ1) is 9.29. The maximum atomic E-state index is 11.5. The highest BCUT2D eigenvalue weighted by molar-refractivity contribution is 7.89. The second-order valence-electron chi connectivity index (χ2n) is 4.80. The highest BCUT2D eigenvalue weighted by atomic mass is 32.2. The van der Waals surface area contributed by atoms with Gasteiger partial charge in [-0.15, -0.1) is 10.2 Å². The van der Waals surface area contributed by atoms with Crippen molar-refractivity contribution >= 4 is 10.0 Å². The Balaban J connectivity index is 2.65. The van der Waals surface area contributed by atoms with Gasteiger partial charge in [0.1, 0.15) is 0 Å². The fourth-order valence-corrected chi connectivity index (χ4v) is 2.45. The molecule has 0 spiro atoms. The number of primary sulfonamides is 1. The summed E-state index contributed by atoms with van der Waals surface area (Å²) in [4.78, 5) is 13.8. The van der Waals surface area contributed by atoms with Gasteiger partial charge in [0, 0.05) is 24.4 Å². The Bertz CT molecular complexity index is 775. The summed E-state index contributed by atoms with van der Waals surface area (Å²) < 4.78 is 24.5. The summed E-state index contributed by atoms with van der Waals surface area (Å²) in [6.45, 7) is 4.23. The fourth-order valence-electron chi connectivity index (χ4n) is 1.83. The number of aromatic nitrogens is 4. The van der Waals surface area contributed by atoms with Crippen LogP contribution < -0.4 is 10.7 Å². The van der Waals surface area contributed by atoms with Crippen molar-refractivity contribution in [2.45, 2.75) is 25.5 Å². The molecule has 2 heterocycles. The first kappa shape index (κ1) is 14.4. The molecule has 2 rings (SSSR count). The molecule has 0 saturated heterocycles. The van der Waals surface area contributed by atoms with Crippen LogP contribution in [0.15, 0.2) is 28.3 Å². The first-order valence-corrected chi connectivity index (χ1v) is 7.49. The molecule has 3 N–H and O–H groups in total. The zero-order valence-electron chi connectivity index (χ0n) is 11.1. The van der Waals surface area contributed by atoms with Gasteiger partial charge < -0.3 is 4.98 Å². The smallest absolute Gasteiger partial charge is 0.273 e. The molecular formula is C11H15N5O3S. The molecule has 0 saturated carbocycles. The number of pyridine rings is 1. The predicted molar refractivity (Wildman–Crippen MR) is 72.3 cm³/mol. The monoisotopic (exact) mass is 297 g/mol. The van der Waals surface area contributed by atoms with E-state index in [0.29, 0.717) is 17.9 Å². The molecule has 0 bridgehead atoms. The summed E-state index contributed by atoms with van der Waals surface area (Å²) in [6.07, 6.45) is 1.46. The van der Waals surface area contributed by atoms with Crippen molar-refractivity contribution in [1.29, 1.82) is 0 Å². The van der Waals surface area contributed by atoms with E-state index in [4.69, 9.17) is 5.14 Å². The van der Waals surface area contributed by atoms with Gasteiger partial charge in [0.05, 0.1) is 0 Å². The highest BCUT2D eigenvalue weighted by Gasteiger charge is 2.22. The molecule has 2 aromatic rings. The van der Waals surface area contributed by atoms with Gasteiger partial charge in [-0.2, -0.15) is 0 Å². The maximum Gasteiger partial charge on any atom is 0.273 e. The lowest BCUT2D eigenvalue weighted by Crippen LogP contribution is -2.20. The number of H-pyrrole nitrogens is 1. The number of sulfonamides is 1. The van der Waals surface area contributed by atoms with Crippen molar-refractivity contribution in [1.82, 2.24) is 19.7 Å². The van der Waals surface area contributed by atoms with Gasteiger partial charge in [-0.3, -0.25) is 9.36 Å². The SMILES string of the molecule is CC(C)Cn1c(-c2cc[nH]c(=O)c2)nnc1S(N)(=O)=O. The van der Waals surface area contributed by atoms with Gasteiger partial charge in [-0.1, -0.05) is 13.8 Å². The Morgan fingerprint density at radius 1 is 1.40 bits per heavy atom. The fraction of sp³-hybridized carbons (Fsp3) is 0.364. The van der Waals surface area contributed by atoms with Gasteiger partial charge in [0.15, 0.2) is 5.82 Å². The zero-order chi connectivity index (χ0) is 14.9. The van der Waals surface area contributed by atoms with Crippen molar-refractivity contribution in [2.24, 2.45) is 11.1 Å². The maximum absolute atomic E-state index is 11.5. The molecular weight excluding hydrogens is 282 g/mol. The molecule has 0 amide bonds. The summed E-state index contributed by atoms with van der Waals surface area (Å²) in [6, 6.07) is 2.95. The second-order valence-corrected chi connectivity index (χ2v) is 6.25. The standard InChI is InChI=1S/C11H15N5O3S/c1-7(2)6-16-10(8-3-4-13-9(17)5-8)14-15-11(16)20(12,18)19/h3-5,7H,6H2,1-2H3,(H,13,17)(H2,12,18,19). The van der Waals surface area contributed by atoms with E-state index in [1.165, 1.54) is 16.8 Å². The van der Waals surface area contributed by atoms with E-state index in [1.54, 1.807) is 6.07 Å². The predicted octanol–water partition coefficient (Wildman–Crippen LogP) is -0.0632. The molecule has 108 valence electrons. The first-order valence-electron chi connectivity index (χ1n) is 5.94. The number of nitrogens with one attached hydrogen (secondary N) is 1. The number of hydrogen-bond acceptors (Lipinski definition) is 5. The molecule has 0 aromatic carbocycles. The molecule has 0 atom stereocenters. The van der Waals surface area contributed by atoms with Crippen LogP contribution in [-0.2, 0) is 16.6 Å². The average molecular weight is 297 g/mol. The van der Waals surface area contributed by atoms with Crippen molar-refractivity contribution in [2.75, 3.05) is 0 Å². The van der Waals surface area contributed by atoms with Gasteiger partial charge >= 0.3 is 0 Å². The van der Waals surface area contributed by atoms with E-state index in [0.717, 1.165) is 0 Å². The minimum Gasteiger partial charge on any atom is -0.329 e. The molecule has 0 aliphatic heterocycles. The molecule has 0 radical (unpaired) electrons. The van der Waals surface area contributed by atoms with Crippen molar-refractivity contribution in [3.8, 4) is 11.4 Å². The van der Waals surface area contributed by atoms with Crippen LogP contribution in [0, 0.1) is 5.92 Å². The molecule has 20 heavy (non-hydrogen) atoms.